The fourth-order valence-electron chi connectivity index (χ4n) is 10.7. The molecule has 3 heteroatoms. The van der Waals surface area contributed by atoms with Crippen LogP contribution in [0.1, 0.15) is 78.7 Å². The fraction of sp³-hybridized carbons (Fsp3) is 0.208. The van der Waals surface area contributed by atoms with Crippen LogP contribution in [0.3, 0.4) is 0 Å². The van der Waals surface area contributed by atoms with Gasteiger partial charge in [-0.25, -0.2) is 0 Å². The number of rotatable bonds is 7. The number of benzene rings is 7. The maximum atomic E-state index is 2.60. The van der Waals surface area contributed by atoms with Crippen LogP contribution in [0.4, 0.5) is 34.1 Å². The highest BCUT2D eigenvalue weighted by atomic mass is 32.1. The molecule has 2 nitrogen and oxygen atoms in total. The van der Waals surface area contributed by atoms with E-state index in [9.17, 15) is 0 Å². The van der Waals surface area contributed by atoms with E-state index in [2.05, 4.69) is 174 Å². The normalized spacial score (nSPS) is 17.7. The standard InChI is InChI=1S/C53H46N2S/c1-4-14-37(15-5-1)38-26-28-43(29-27-38)55(44-30-31-46-45-22-10-11-25-49(45)56-50(46)36-44)48-24-13-17-40-33-35-53(52(40)48)34-32-39-16-12-23-47(51(39)53)54(41-18-6-2-7-19-41)42-20-8-3-9-21-42/h2-3,6-13,16-31,36-37H,1,4-5,14-15,32-35H2/t53-/m1/s1. The van der Waals surface area contributed by atoms with Crippen molar-refractivity contribution in [1.82, 2.24) is 0 Å². The van der Waals surface area contributed by atoms with Gasteiger partial charge in [0, 0.05) is 48.3 Å². The number of thiophene rings is 1. The predicted octanol–water partition coefficient (Wildman–Crippen LogP) is 15.2. The largest absolute Gasteiger partial charge is 0.310 e. The molecule has 0 N–H and O–H groups in total. The van der Waals surface area contributed by atoms with E-state index in [1.807, 2.05) is 11.3 Å². The van der Waals surface area contributed by atoms with Crippen LogP contribution < -0.4 is 9.80 Å². The molecule has 3 aliphatic carbocycles. The summed E-state index contributed by atoms with van der Waals surface area (Å²) in [4.78, 5) is 5.11. The molecule has 0 bridgehead atoms. The smallest absolute Gasteiger partial charge is 0.0505 e. The second-order valence-electron chi connectivity index (χ2n) is 16.3. The zero-order valence-corrected chi connectivity index (χ0v) is 32.6. The molecule has 0 radical (unpaired) electrons. The Labute approximate surface area is 334 Å². The van der Waals surface area contributed by atoms with Gasteiger partial charge in [-0.3, -0.25) is 0 Å². The Balaban J connectivity index is 1.11. The number of hydrogen-bond donors (Lipinski definition) is 0. The molecule has 1 fully saturated rings. The molecule has 7 aromatic carbocycles. The van der Waals surface area contributed by atoms with E-state index < -0.39 is 0 Å². The summed E-state index contributed by atoms with van der Waals surface area (Å²) in [5.41, 5.74) is 14.9. The highest BCUT2D eigenvalue weighted by Crippen LogP contribution is 2.60. The van der Waals surface area contributed by atoms with Crippen LogP contribution in [-0.2, 0) is 18.3 Å². The molecule has 1 spiro atoms. The summed E-state index contributed by atoms with van der Waals surface area (Å²) in [6, 6.07) is 61.9. The van der Waals surface area contributed by atoms with Gasteiger partial charge in [0.05, 0.1) is 11.4 Å². The average molecular weight is 743 g/mol. The van der Waals surface area contributed by atoms with Crippen molar-refractivity contribution in [2.45, 2.75) is 69.1 Å². The van der Waals surface area contributed by atoms with Crippen LogP contribution in [0, 0.1) is 0 Å². The van der Waals surface area contributed by atoms with Gasteiger partial charge in [0.2, 0.25) is 0 Å². The van der Waals surface area contributed by atoms with E-state index in [0.717, 1.165) is 25.7 Å². The van der Waals surface area contributed by atoms with Crippen molar-refractivity contribution in [3.63, 3.8) is 0 Å². The summed E-state index contributed by atoms with van der Waals surface area (Å²) >= 11 is 1.91. The van der Waals surface area contributed by atoms with Crippen molar-refractivity contribution in [2.24, 2.45) is 0 Å². The van der Waals surface area contributed by atoms with Crippen LogP contribution in [0.5, 0.6) is 0 Å². The van der Waals surface area contributed by atoms with Gasteiger partial charge in [-0.2, -0.15) is 0 Å². The Kier molecular flexibility index (Phi) is 8.32. The Morgan fingerprint density at radius 3 is 1.62 bits per heavy atom. The first-order valence-corrected chi connectivity index (χ1v) is 21.5. The molecular formula is C53H46N2S. The minimum absolute atomic E-state index is 0.109. The number of anilines is 6. The molecule has 3 aliphatic rings. The van der Waals surface area contributed by atoms with Crippen LogP contribution in [0.25, 0.3) is 20.2 Å². The summed E-state index contributed by atoms with van der Waals surface area (Å²) in [6.07, 6.45) is 11.1. The Morgan fingerprint density at radius 2 is 0.982 bits per heavy atom. The third-order valence-electron chi connectivity index (χ3n) is 13.2. The van der Waals surface area contributed by atoms with E-state index in [1.54, 1.807) is 0 Å². The molecule has 1 aromatic heterocycles. The van der Waals surface area contributed by atoms with Crippen LogP contribution in [-0.4, -0.2) is 0 Å². The molecule has 1 heterocycles. The number of aryl methyl sites for hydroxylation is 2. The van der Waals surface area contributed by atoms with Crippen molar-refractivity contribution in [3.8, 4) is 0 Å². The lowest BCUT2D eigenvalue weighted by Crippen LogP contribution is -2.27. The number of nitrogens with zero attached hydrogens (tertiary/aromatic N) is 2. The first kappa shape index (κ1) is 33.7. The fourth-order valence-corrected chi connectivity index (χ4v) is 11.8. The van der Waals surface area contributed by atoms with Gasteiger partial charge >= 0.3 is 0 Å². The molecule has 8 aromatic rings. The van der Waals surface area contributed by atoms with Gasteiger partial charge in [0.25, 0.3) is 0 Å². The van der Waals surface area contributed by atoms with Crippen molar-refractivity contribution in [1.29, 1.82) is 0 Å². The van der Waals surface area contributed by atoms with Crippen LogP contribution in [0.2, 0.25) is 0 Å². The second-order valence-corrected chi connectivity index (χ2v) is 17.3. The summed E-state index contributed by atoms with van der Waals surface area (Å²) in [5, 5.41) is 2.69. The molecule has 1 atom stereocenters. The lowest BCUT2D eigenvalue weighted by Gasteiger charge is -2.37. The van der Waals surface area contributed by atoms with Gasteiger partial charge in [-0.05, 0) is 139 Å². The van der Waals surface area contributed by atoms with Crippen LogP contribution >= 0.6 is 11.3 Å². The molecular weight excluding hydrogens is 697 g/mol. The SMILES string of the molecule is c1ccc(N(c2ccccc2)c2cccc3c2[C@@]2(CC3)CCc3cccc(N(c4ccc(C5CCCCC5)cc4)c4ccc5c(c4)sc4ccccc45)c32)cc1. The Hall–Kier alpha value is -5.64. The molecule has 1 saturated carbocycles. The third kappa shape index (κ3) is 5.51. The highest BCUT2D eigenvalue weighted by Gasteiger charge is 2.49. The maximum Gasteiger partial charge on any atom is 0.0505 e. The minimum atomic E-state index is -0.109. The van der Waals surface area contributed by atoms with E-state index >= 15 is 0 Å². The molecule has 0 unspecified atom stereocenters. The molecule has 11 rings (SSSR count). The quantitative estimate of drug-likeness (QED) is 0.160. The minimum Gasteiger partial charge on any atom is -0.310 e. The van der Waals surface area contributed by atoms with Crippen molar-refractivity contribution in [3.05, 3.63) is 192 Å². The van der Waals surface area contributed by atoms with Gasteiger partial charge in [0.1, 0.15) is 0 Å². The van der Waals surface area contributed by atoms with E-state index in [1.165, 1.54) is 114 Å². The van der Waals surface area contributed by atoms with Gasteiger partial charge in [-0.1, -0.05) is 116 Å². The zero-order valence-electron chi connectivity index (χ0n) is 31.8. The van der Waals surface area contributed by atoms with Crippen LogP contribution in [0.15, 0.2) is 164 Å². The Morgan fingerprint density at radius 1 is 0.446 bits per heavy atom. The lowest BCUT2D eigenvalue weighted by atomic mass is 9.74. The number of fused-ring (bicyclic) bond motifs is 7. The molecule has 274 valence electrons. The van der Waals surface area contributed by atoms with Gasteiger partial charge in [0.15, 0.2) is 0 Å². The van der Waals surface area contributed by atoms with E-state index in [4.69, 9.17) is 0 Å². The average Bonchev–Trinajstić information content (AvgIpc) is 3.96. The molecule has 56 heavy (non-hydrogen) atoms. The summed E-state index contributed by atoms with van der Waals surface area (Å²) in [7, 11) is 0. The van der Waals surface area contributed by atoms with Crippen molar-refractivity contribution < 1.29 is 0 Å². The Bertz CT molecular complexity index is 2650. The van der Waals surface area contributed by atoms with Gasteiger partial charge < -0.3 is 9.80 Å². The zero-order chi connectivity index (χ0) is 37.1. The predicted molar refractivity (Wildman–Crippen MR) is 238 cm³/mol. The first-order chi connectivity index (χ1) is 27.7. The summed E-state index contributed by atoms with van der Waals surface area (Å²) < 4.78 is 2.68. The number of para-hydroxylation sites is 2. The molecule has 0 amide bonds. The van der Waals surface area contributed by atoms with Crippen molar-refractivity contribution in [2.75, 3.05) is 9.80 Å². The van der Waals surface area contributed by atoms with E-state index in [0.29, 0.717) is 5.92 Å². The lowest BCUT2D eigenvalue weighted by molar-refractivity contribution is 0.443. The second kappa shape index (κ2) is 13.8. The van der Waals surface area contributed by atoms with Gasteiger partial charge in [-0.15, -0.1) is 11.3 Å². The topological polar surface area (TPSA) is 6.48 Å². The maximum absolute atomic E-state index is 2.60. The summed E-state index contributed by atoms with van der Waals surface area (Å²) in [5.74, 6) is 0.677. The number of hydrogen-bond acceptors (Lipinski definition) is 3. The molecule has 0 saturated heterocycles. The summed E-state index contributed by atoms with van der Waals surface area (Å²) in [6.45, 7) is 0. The van der Waals surface area contributed by atoms with Crippen molar-refractivity contribution >= 4 is 65.6 Å². The molecule has 0 aliphatic heterocycles. The highest BCUT2D eigenvalue weighted by molar-refractivity contribution is 7.25. The van der Waals surface area contributed by atoms with E-state index in [-0.39, 0.29) is 5.41 Å². The monoisotopic (exact) mass is 742 g/mol. The third-order valence-corrected chi connectivity index (χ3v) is 14.3. The first-order valence-electron chi connectivity index (χ1n) is 20.7.